The Morgan fingerprint density at radius 2 is 2.31 bits per heavy atom. The summed E-state index contributed by atoms with van der Waals surface area (Å²) in [5.41, 5.74) is 0. The average Bonchev–Trinajstić information content (AvgIpc) is 2.64. The first-order valence-electron chi connectivity index (χ1n) is 5.37. The molecule has 1 aliphatic heterocycles. The number of oxazole rings is 1. The van der Waals surface area contributed by atoms with Crippen LogP contribution in [0.5, 0.6) is 0 Å². The number of nitrogens with one attached hydrogen (secondary N) is 1. The Morgan fingerprint density at radius 3 is 2.88 bits per heavy atom. The predicted molar refractivity (Wildman–Crippen MR) is 60.0 cm³/mol. The van der Waals surface area contributed by atoms with E-state index in [0.717, 1.165) is 0 Å². The van der Waals surface area contributed by atoms with Crippen LogP contribution in [0, 0.1) is 0 Å². The normalized spacial score (nSPS) is 24.8. The van der Waals surface area contributed by atoms with Crippen LogP contribution in [0.15, 0.2) is 10.6 Å². The van der Waals surface area contributed by atoms with E-state index >= 15 is 0 Å². The zero-order valence-electron chi connectivity index (χ0n) is 9.43. The minimum Gasteiger partial charge on any atom is -0.444 e. The number of aromatic nitrogens is 1. The van der Waals surface area contributed by atoms with Crippen molar-refractivity contribution in [3.05, 3.63) is 17.8 Å². The van der Waals surface area contributed by atoms with Gasteiger partial charge < -0.3 is 9.73 Å². The Hall–Kier alpha value is -0.880. The SMILES string of the molecule is CC(C)c1ncc(C2CS(=O)(=O)CCN2)o1. The maximum Gasteiger partial charge on any atom is 0.196 e. The van der Waals surface area contributed by atoms with E-state index in [0.29, 0.717) is 18.2 Å². The lowest BCUT2D eigenvalue weighted by Crippen LogP contribution is -2.38. The number of rotatable bonds is 2. The van der Waals surface area contributed by atoms with Crippen molar-refractivity contribution in [3.63, 3.8) is 0 Å². The Morgan fingerprint density at radius 1 is 1.56 bits per heavy atom. The molecular weight excluding hydrogens is 228 g/mol. The van der Waals surface area contributed by atoms with Crippen molar-refractivity contribution in [1.29, 1.82) is 0 Å². The Kier molecular flexibility index (Phi) is 3.03. The third-order valence-corrected chi connectivity index (χ3v) is 4.27. The topological polar surface area (TPSA) is 72.2 Å². The van der Waals surface area contributed by atoms with Gasteiger partial charge in [0.1, 0.15) is 5.76 Å². The maximum absolute atomic E-state index is 11.5. The fourth-order valence-electron chi connectivity index (χ4n) is 1.70. The van der Waals surface area contributed by atoms with Crippen molar-refractivity contribution in [2.24, 2.45) is 0 Å². The third kappa shape index (κ3) is 2.44. The van der Waals surface area contributed by atoms with Crippen LogP contribution in [0.2, 0.25) is 0 Å². The van der Waals surface area contributed by atoms with Crippen molar-refractivity contribution >= 4 is 9.84 Å². The highest BCUT2D eigenvalue weighted by molar-refractivity contribution is 7.91. The number of hydrogen-bond acceptors (Lipinski definition) is 5. The summed E-state index contributed by atoms with van der Waals surface area (Å²) in [5.74, 6) is 1.79. The molecule has 0 aliphatic carbocycles. The standard InChI is InChI=1S/C10H16N2O3S/c1-7(2)10-12-5-9(15-10)8-6-16(13,14)4-3-11-8/h5,7-8,11H,3-4,6H2,1-2H3. The number of hydrogen-bond donors (Lipinski definition) is 1. The van der Waals surface area contributed by atoms with Gasteiger partial charge in [-0.2, -0.15) is 0 Å². The Bertz CT molecular complexity index is 464. The molecule has 1 aromatic rings. The molecule has 6 heteroatoms. The van der Waals surface area contributed by atoms with Crippen molar-refractivity contribution < 1.29 is 12.8 Å². The molecule has 0 spiro atoms. The first-order valence-corrected chi connectivity index (χ1v) is 7.19. The Labute approximate surface area is 95.2 Å². The van der Waals surface area contributed by atoms with Gasteiger partial charge in [-0.05, 0) is 0 Å². The van der Waals surface area contributed by atoms with Gasteiger partial charge in [-0.3, -0.25) is 0 Å². The molecule has 1 saturated heterocycles. The van der Waals surface area contributed by atoms with Crippen LogP contribution >= 0.6 is 0 Å². The molecule has 0 saturated carbocycles. The average molecular weight is 244 g/mol. The van der Waals surface area contributed by atoms with Crippen LogP contribution in [-0.2, 0) is 9.84 Å². The Balaban J connectivity index is 2.17. The van der Waals surface area contributed by atoms with Gasteiger partial charge in [0.2, 0.25) is 0 Å². The molecule has 0 aromatic carbocycles. The molecule has 1 N–H and O–H groups in total. The summed E-state index contributed by atoms with van der Waals surface area (Å²) in [6.07, 6.45) is 1.62. The highest BCUT2D eigenvalue weighted by Gasteiger charge is 2.28. The molecule has 5 nitrogen and oxygen atoms in total. The monoisotopic (exact) mass is 244 g/mol. The van der Waals surface area contributed by atoms with Crippen LogP contribution < -0.4 is 5.32 Å². The van der Waals surface area contributed by atoms with Crippen LogP contribution in [0.4, 0.5) is 0 Å². The summed E-state index contributed by atoms with van der Waals surface area (Å²) in [4.78, 5) is 4.14. The fraction of sp³-hybridized carbons (Fsp3) is 0.700. The van der Waals surface area contributed by atoms with Crippen molar-refractivity contribution in [2.75, 3.05) is 18.1 Å². The smallest absolute Gasteiger partial charge is 0.196 e. The lowest BCUT2D eigenvalue weighted by atomic mass is 10.2. The first kappa shape index (κ1) is 11.6. The number of sulfone groups is 1. The van der Waals surface area contributed by atoms with Crippen molar-refractivity contribution in [2.45, 2.75) is 25.8 Å². The van der Waals surface area contributed by atoms with Gasteiger partial charge in [-0.1, -0.05) is 13.8 Å². The van der Waals surface area contributed by atoms with E-state index in [4.69, 9.17) is 4.42 Å². The summed E-state index contributed by atoms with van der Waals surface area (Å²) >= 11 is 0. The van der Waals surface area contributed by atoms with Crippen molar-refractivity contribution in [1.82, 2.24) is 10.3 Å². The lowest BCUT2D eigenvalue weighted by Gasteiger charge is -2.21. The lowest BCUT2D eigenvalue weighted by molar-refractivity contribution is 0.389. The van der Waals surface area contributed by atoms with Gasteiger partial charge in [0.05, 0.1) is 23.7 Å². The van der Waals surface area contributed by atoms with E-state index in [9.17, 15) is 8.42 Å². The van der Waals surface area contributed by atoms with Gasteiger partial charge in [0.25, 0.3) is 0 Å². The first-order chi connectivity index (χ1) is 7.48. The second-order valence-electron chi connectivity index (χ2n) is 4.38. The molecular formula is C10H16N2O3S. The van der Waals surface area contributed by atoms with Gasteiger partial charge in [0, 0.05) is 12.5 Å². The minimum atomic E-state index is -2.94. The third-order valence-electron chi connectivity index (χ3n) is 2.60. The van der Waals surface area contributed by atoms with Crippen molar-refractivity contribution in [3.8, 4) is 0 Å². The molecule has 1 fully saturated rings. The maximum atomic E-state index is 11.5. The van der Waals surface area contributed by atoms with E-state index in [1.165, 1.54) is 0 Å². The molecule has 0 bridgehead atoms. The molecule has 0 amide bonds. The van der Waals surface area contributed by atoms with E-state index < -0.39 is 9.84 Å². The second kappa shape index (κ2) is 4.18. The van der Waals surface area contributed by atoms with E-state index in [-0.39, 0.29) is 23.5 Å². The van der Waals surface area contributed by atoms with Crippen LogP contribution in [0.3, 0.4) is 0 Å². The molecule has 90 valence electrons. The molecule has 2 heterocycles. The summed E-state index contributed by atoms with van der Waals surface area (Å²) in [6, 6.07) is -0.251. The largest absolute Gasteiger partial charge is 0.444 e. The molecule has 2 rings (SSSR count). The highest BCUT2D eigenvalue weighted by atomic mass is 32.2. The molecule has 16 heavy (non-hydrogen) atoms. The van der Waals surface area contributed by atoms with Gasteiger partial charge >= 0.3 is 0 Å². The molecule has 1 atom stereocenters. The molecule has 1 aromatic heterocycles. The van der Waals surface area contributed by atoms with Crippen LogP contribution in [0.25, 0.3) is 0 Å². The highest BCUT2D eigenvalue weighted by Crippen LogP contribution is 2.22. The van der Waals surface area contributed by atoms with Crippen LogP contribution in [-0.4, -0.2) is 31.5 Å². The van der Waals surface area contributed by atoms with E-state index in [1.807, 2.05) is 13.8 Å². The van der Waals surface area contributed by atoms with Crippen LogP contribution in [0.1, 0.15) is 37.5 Å². The number of nitrogens with zero attached hydrogens (tertiary/aromatic N) is 1. The quantitative estimate of drug-likeness (QED) is 0.835. The molecule has 0 radical (unpaired) electrons. The zero-order valence-corrected chi connectivity index (χ0v) is 10.3. The van der Waals surface area contributed by atoms with Gasteiger partial charge in [0.15, 0.2) is 15.7 Å². The summed E-state index contributed by atoms with van der Waals surface area (Å²) in [6.45, 7) is 4.45. The predicted octanol–water partition coefficient (Wildman–Crippen LogP) is 0.857. The summed E-state index contributed by atoms with van der Waals surface area (Å²) in [7, 11) is -2.94. The van der Waals surface area contributed by atoms with Gasteiger partial charge in [-0.15, -0.1) is 0 Å². The van der Waals surface area contributed by atoms with E-state index in [1.54, 1.807) is 6.20 Å². The molecule has 1 unspecified atom stereocenters. The van der Waals surface area contributed by atoms with E-state index in [2.05, 4.69) is 10.3 Å². The fourth-order valence-corrected chi connectivity index (χ4v) is 3.08. The second-order valence-corrected chi connectivity index (χ2v) is 6.61. The minimum absolute atomic E-state index is 0.0970. The summed E-state index contributed by atoms with van der Waals surface area (Å²) < 4.78 is 28.5. The molecule has 1 aliphatic rings. The van der Waals surface area contributed by atoms with Gasteiger partial charge in [-0.25, -0.2) is 13.4 Å². The summed E-state index contributed by atoms with van der Waals surface area (Å²) in [5, 5.41) is 3.13. The zero-order chi connectivity index (χ0) is 11.8.